The van der Waals surface area contributed by atoms with Crippen molar-refractivity contribution in [3.8, 4) is 0 Å². The maximum atomic E-state index is 13.4. The number of anilines is 2. The van der Waals surface area contributed by atoms with Crippen LogP contribution >= 0.6 is 0 Å². The van der Waals surface area contributed by atoms with Gasteiger partial charge in [-0.1, -0.05) is 0 Å². The maximum absolute atomic E-state index is 13.4. The summed E-state index contributed by atoms with van der Waals surface area (Å²) in [4.78, 5) is 90.5. The summed E-state index contributed by atoms with van der Waals surface area (Å²) in [6, 6.07) is 6.81. The van der Waals surface area contributed by atoms with Crippen LogP contribution in [0.3, 0.4) is 0 Å². The van der Waals surface area contributed by atoms with Gasteiger partial charge < -0.3 is 34.4 Å². The number of nitrogens with one attached hydrogen (secondary N) is 1. The third kappa shape index (κ3) is 17.4. The summed E-state index contributed by atoms with van der Waals surface area (Å²) >= 11 is 0. The predicted molar refractivity (Wildman–Crippen MR) is 202 cm³/mol. The standard InChI is InChI=1S/C36H61N9O8/c1-9-52-35(50)27-45(28-36(51)53-10-2)30-13-11-29(12-14-30)37-31(46)23-41-15-17-42(24-32(47)38(3)4)19-21-44(26-34(49)40(7)8)22-20-43(18-16-41)25-33(48)39(5)6/h11-14H,9-10,15-28H2,1-8H3,(H,37,46). The molecule has 0 spiro atoms. The fourth-order valence-corrected chi connectivity index (χ4v) is 5.33. The Bertz CT molecular complexity index is 1280. The Balaban J connectivity index is 2.24. The van der Waals surface area contributed by atoms with Crippen molar-refractivity contribution in [2.75, 3.05) is 157 Å². The van der Waals surface area contributed by atoms with Crippen molar-refractivity contribution in [1.82, 2.24) is 34.3 Å². The van der Waals surface area contributed by atoms with E-state index < -0.39 is 11.9 Å². The van der Waals surface area contributed by atoms with Gasteiger partial charge in [-0.05, 0) is 38.1 Å². The molecule has 17 heteroatoms. The summed E-state index contributed by atoms with van der Waals surface area (Å²) in [7, 11) is 10.3. The van der Waals surface area contributed by atoms with Gasteiger partial charge in [-0.2, -0.15) is 0 Å². The summed E-state index contributed by atoms with van der Waals surface area (Å²) in [5, 5.41) is 2.94. The third-order valence-corrected chi connectivity index (χ3v) is 8.64. The molecule has 1 fully saturated rings. The molecule has 1 aromatic rings. The van der Waals surface area contributed by atoms with E-state index in [9.17, 15) is 28.8 Å². The Morgan fingerprint density at radius 3 is 1.17 bits per heavy atom. The molecular weight excluding hydrogens is 686 g/mol. The Kier molecular flexibility index (Phi) is 19.8. The molecule has 1 aromatic carbocycles. The summed E-state index contributed by atoms with van der Waals surface area (Å²) in [5.41, 5.74) is 1.11. The topological polar surface area (TPSA) is 159 Å². The minimum atomic E-state index is -0.480. The largest absolute Gasteiger partial charge is 0.465 e. The van der Waals surface area contributed by atoms with E-state index in [4.69, 9.17) is 9.47 Å². The lowest BCUT2D eigenvalue weighted by Crippen LogP contribution is -2.51. The molecule has 1 saturated heterocycles. The van der Waals surface area contributed by atoms with Crippen LogP contribution in [0, 0.1) is 0 Å². The van der Waals surface area contributed by atoms with Crippen LogP contribution < -0.4 is 10.2 Å². The summed E-state index contributed by atoms with van der Waals surface area (Å²) in [6.07, 6.45) is 0. The molecule has 53 heavy (non-hydrogen) atoms. The molecule has 0 bridgehead atoms. The molecule has 298 valence electrons. The van der Waals surface area contributed by atoms with E-state index in [-0.39, 0.29) is 76.1 Å². The van der Waals surface area contributed by atoms with Crippen molar-refractivity contribution >= 4 is 46.9 Å². The molecule has 0 radical (unpaired) electrons. The van der Waals surface area contributed by atoms with Gasteiger partial charge in [0.15, 0.2) is 0 Å². The SMILES string of the molecule is CCOC(=O)CN(CC(=O)OCC)c1ccc(NC(=O)CN2CCN(CC(=O)N(C)C)CCN(CC(=O)N(C)C)CCN(CC(=O)N(C)C)CC2)cc1. The molecule has 1 aliphatic heterocycles. The third-order valence-electron chi connectivity index (χ3n) is 8.64. The maximum Gasteiger partial charge on any atom is 0.325 e. The second-order valence-corrected chi connectivity index (χ2v) is 13.5. The fraction of sp³-hybridized carbons (Fsp3) is 0.667. The number of esters is 2. The average Bonchev–Trinajstić information content (AvgIpc) is 3.09. The predicted octanol–water partition coefficient (Wildman–Crippen LogP) is -0.956. The molecule has 1 aliphatic rings. The highest BCUT2D eigenvalue weighted by Crippen LogP contribution is 2.18. The van der Waals surface area contributed by atoms with Crippen LogP contribution in [0.2, 0.25) is 0 Å². The lowest BCUT2D eigenvalue weighted by atomic mass is 10.2. The minimum absolute atomic E-state index is 0.0264. The Morgan fingerprint density at radius 2 is 0.868 bits per heavy atom. The highest BCUT2D eigenvalue weighted by atomic mass is 16.5. The number of hydrogen-bond acceptors (Lipinski definition) is 13. The van der Waals surface area contributed by atoms with Gasteiger partial charge in [0.2, 0.25) is 23.6 Å². The molecule has 2 rings (SSSR count). The molecule has 1 N–H and O–H groups in total. The number of ether oxygens (including phenoxy) is 2. The van der Waals surface area contributed by atoms with Crippen LogP contribution in [0.4, 0.5) is 11.4 Å². The van der Waals surface area contributed by atoms with E-state index in [0.29, 0.717) is 63.7 Å². The molecule has 0 unspecified atom stereocenters. The first-order chi connectivity index (χ1) is 25.1. The van der Waals surface area contributed by atoms with Gasteiger partial charge in [0.25, 0.3) is 0 Å². The molecule has 17 nitrogen and oxygen atoms in total. The Hall–Kier alpha value is -4.32. The lowest BCUT2D eigenvalue weighted by Gasteiger charge is -2.34. The normalized spacial score (nSPS) is 15.3. The highest BCUT2D eigenvalue weighted by molar-refractivity contribution is 5.92. The number of carbonyl (C=O) groups is 6. The number of hydrogen-bond donors (Lipinski definition) is 1. The van der Waals surface area contributed by atoms with E-state index in [1.807, 2.05) is 14.7 Å². The van der Waals surface area contributed by atoms with Crippen molar-refractivity contribution in [2.24, 2.45) is 0 Å². The smallest absolute Gasteiger partial charge is 0.325 e. The van der Waals surface area contributed by atoms with E-state index in [2.05, 4.69) is 10.2 Å². The average molecular weight is 748 g/mol. The molecule has 4 amide bonds. The second kappa shape index (κ2) is 23.4. The zero-order chi connectivity index (χ0) is 39.5. The van der Waals surface area contributed by atoms with Crippen molar-refractivity contribution in [3.63, 3.8) is 0 Å². The first kappa shape index (κ1) is 44.8. The number of benzene rings is 1. The Labute approximate surface area is 314 Å². The van der Waals surface area contributed by atoms with Crippen LogP contribution in [0.25, 0.3) is 0 Å². The Morgan fingerprint density at radius 1 is 0.547 bits per heavy atom. The number of nitrogens with zero attached hydrogens (tertiary/aromatic N) is 8. The monoisotopic (exact) mass is 747 g/mol. The van der Waals surface area contributed by atoms with Crippen LogP contribution in [0.1, 0.15) is 13.8 Å². The van der Waals surface area contributed by atoms with Crippen LogP contribution in [0.5, 0.6) is 0 Å². The van der Waals surface area contributed by atoms with Crippen LogP contribution in [-0.4, -0.2) is 217 Å². The van der Waals surface area contributed by atoms with Gasteiger partial charge in [-0.15, -0.1) is 0 Å². The van der Waals surface area contributed by atoms with E-state index in [1.165, 1.54) is 0 Å². The lowest BCUT2D eigenvalue weighted by molar-refractivity contribution is -0.142. The number of carbonyl (C=O) groups excluding carboxylic acids is 6. The quantitative estimate of drug-likeness (QED) is 0.207. The van der Waals surface area contributed by atoms with E-state index in [1.54, 1.807) is 100.0 Å². The summed E-state index contributed by atoms with van der Waals surface area (Å²) in [5.74, 6) is -1.33. The van der Waals surface area contributed by atoms with Crippen molar-refractivity contribution in [3.05, 3.63) is 24.3 Å². The zero-order valence-electron chi connectivity index (χ0n) is 33.0. The van der Waals surface area contributed by atoms with Gasteiger partial charge in [0.05, 0.1) is 39.4 Å². The zero-order valence-corrected chi connectivity index (χ0v) is 33.0. The van der Waals surface area contributed by atoms with Gasteiger partial charge in [0.1, 0.15) is 13.1 Å². The summed E-state index contributed by atoms with van der Waals surface area (Å²) in [6.45, 7) is 8.36. The van der Waals surface area contributed by atoms with Crippen LogP contribution in [-0.2, 0) is 38.2 Å². The first-order valence-electron chi connectivity index (χ1n) is 18.1. The number of rotatable bonds is 16. The first-order valence-corrected chi connectivity index (χ1v) is 18.1. The van der Waals surface area contributed by atoms with E-state index >= 15 is 0 Å². The van der Waals surface area contributed by atoms with Crippen molar-refractivity contribution in [1.29, 1.82) is 0 Å². The molecular formula is C36H61N9O8. The molecule has 0 aromatic heterocycles. The number of likely N-dealkylation sites (N-methyl/N-ethyl adjacent to an activating group) is 3. The van der Waals surface area contributed by atoms with Gasteiger partial charge in [-0.25, -0.2) is 0 Å². The minimum Gasteiger partial charge on any atom is -0.465 e. The second-order valence-electron chi connectivity index (χ2n) is 13.5. The number of amides is 4. The van der Waals surface area contributed by atoms with E-state index in [0.717, 1.165) is 0 Å². The van der Waals surface area contributed by atoms with Gasteiger partial charge in [0, 0.05) is 106 Å². The fourth-order valence-electron chi connectivity index (χ4n) is 5.33. The van der Waals surface area contributed by atoms with Crippen molar-refractivity contribution in [2.45, 2.75) is 13.8 Å². The molecule has 0 atom stereocenters. The van der Waals surface area contributed by atoms with Crippen molar-refractivity contribution < 1.29 is 38.2 Å². The van der Waals surface area contributed by atoms with Gasteiger partial charge in [-0.3, -0.25) is 48.4 Å². The molecule has 1 heterocycles. The van der Waals surface area contributed by atoms with Crippen LogP contribution in [0.15, 0.2) is 24.3 Å². The molecule has 0 aliphatic carbocycles. The van der Waals surface area contributed by atoms with Gasteiger partial charge >= 0.3 is 11.9 Å². The summed E-state index contributed by atoms with van der Waals surface area (Å²) < 4.78 is 10.1. The highest BCUT2D eigenvalue weighted by Gasteiger charge is 2.23. The molecule has 0 saturated carbocycles.